The van der Waals surface area contributed by atoms with Crippen molar-refractivity contribution in [3.05, 3.63) is 34.3 Å². The first kappa shape index (κ1) is 14.2. The highest BCUT2D eigenvalue weighted by atomic mass is 79.9. The van der Waals surface area contributed by atoms with Gasteiger partial charge in [0.05, 0.1) is 12.0 Å². The summed E-state index contributed by atoms with van der Waals surface area (Å²) in [7, 11) is 0. The van der Waals surface area contributed by atoms with Crippen molar-refractivity contribution in [2.24, 2.45) is 5.73 Å². The van der Waals surface area contributed by atoms with Crippen molar-refractivity contribution in [3.8, 4) is 0 Å². The molecule has 3 N–H and O–H groups in total. The number of hydrogen-bond acceptors (Lipinski definition) is 4. The fraction of sp³-hybridized carbons (Fsp3) is 0.417. The van der Waals surface area contributed by atoms with E-state index in [1.165, 1.54) is 6.92 Å². The molecule has 0 aliphatic heterocycles. The maximum Gasteiger partial charge on any atom is 0.309 e. The molecule has 17 heavy (non-hydrogen) atoms. The molecule has 1 atom stereocenters. The predicted octanol–water partition coefficient (Wildman–Crippen LogP) is 1.59. The van der Waals surface area contributed by atoms with Gasteiger partial charge in [-0.3, -0.25) is 4.79 Å². The molecule has 0 aromatic heterocycles. The number of nitrogens with two attached hydrogens (primary N) is 1. The average Bonchev–Trinajstić information content (AvgIpc) is 2.28. The van der Waals surface area contributed by atoms with E-state index in [1.54, 1.807) is 0 Å². The van der Waals surface area contributed by atoms with Gasteiger partial charge in [0.25, 0.3) is 0 Å². The number of hydrogen-bond donors (Lipinski definition) is 2. The molecule has 1 aromatic rings. The molecule has 0 aliphatic carbocycles. The lowest BCUT2D eigenvalue weighted by Crippen LogP contribution is -2.36. The summed E-state index contributed by atoms with van der Waals surface area (Å²) >= 11 is 3.32. The van der Waals surface area contributed by atoms with Gasteiger partial charge in [-0.1, -0.05) is 28.1 Å². The van der Waals surface area contributed by atoms with Crippen molar-refractivity contribution in [1.82, 2.24) is 0 Å². The Morgan fingerprint density at radius 3 is 2.59 bits per heavy atom. The molecular weight excluding hydrogens is 286 g/mol. The molecule has 0 amide bonds. The van der Waals surface area contributed by atoms with Crippen LogP contribution < -0.4 is 5.73 Å². The number of benzene rings is 1. The Bertz CT molecular complexity index is 376. The lowest BCUT2D eigenvalue weighted by molar-refractivity contribution is -0.149. The molecule has 1 aromatic carbocycles. The number of rotatable bonds is 5. The van der Waals surface area contributed by atoms with Crippen LogP contribution in [0.3, 0.4) is 0 Å². The molecule has 0 saturated heterocycles. The van der Waals surface area contributed by atoms with E-state index in [0.29, 0.717) is 0 Å². The Morgan fingerprint density at radius 1 is 1.47 bits per heavy atom. The van der Waals surface area contributed by atoms with Crippen LogP contribution in [0.1, 0.15) is 18.9 Å². The van der Waals surface area contributed by atoms with Gasteiger partial charge in [0.15, 0.2) is 0 Å². The van der Waals surface area contributed by atoms with Crippen LogP contribution >= 0.6 is 15.9 Å². The van der Waals surface area contributed by atoms with E-state index in [-0.39, 0.29) is 19.6 Å². The molecule has 0 saturated carbocycles. The molecule has 0 radical (unpaired) electrons. The van der Waals surface area contributed by atoms with Crippen LogP contribution in [0.5, 0.6) is 0 Å². The van der Waals surface area contributed by atoms with Crippen LogP contribution in [-0.4, -0.2) is 23.2 Å². The van der Waals surface area contributed by atoms with E-state index in [0.717, 1.165) is 10.0 Å². The first-order chi connectivity index (χ1) is 7.93. The number of halogens is 1. The van der Waals surface area contributed by atoms with Crippen LogP contribution in [0.25, 0.3) is 0 Å². The second kappa shape index (κ2) is 6.14. The number of carbonyl (C=O) groups is 1. The summed E-state index contributed by atoms with van der Waals surface area (Å²) in [5.74, 6) is -0.455. The van der Waals surface area contributed by atoms with Crippen molar-refractivity contribution in [1.29, 1.82) is 0 Å². The minimum Gasteiger partial charge on any atom is -0.461 e. The smallest absolute Gasteiger partial charge is 0.309 e. The molecule has 0 spiro atoms. The molecule has 0 fully saturated rings. The standard InChI is InChI=1S/C12H16BrNO3/c1-12(16,8-14)6-11(15)17-7-9-2-4-10(13)5-3-9/h2-5,16H,6-8,14H2,1H3. The quantitative estimate of drug-likeness (QED) is 0.810. The molecule has 1 rings (SSSR count). The first-order valence-corrected chi connectivity index (χ1v) is 6.05. The maximum atomic E-state index is 11.4. The second-order valence-electron chi connectivity index (χ2n) is 4.16. The lowest BCUT2D eigenvalue weighted by Gasteiger charge is -2.19. The van der Waals surface area contributed by atoms with Crippen LogP contribution in [0.4, 0.5) is 0 Å². The molecular formula is C12H16BrNO3. The van der Waals surface area contributed by atoms with Gasteiger partial charge in [-0.05, 0) is 24.6 Å². The van der Waals surface area contributed by atoms with Crippen molar-refractivity contribution in [2.75, 3.05) is 6.54 Å². The maximum absolute atomic E-state index is 11.4. The van der Waals surface area contributed by atoms with Gasteiger partial charge in [0.2, 0.25) is 0 Å². The van der Waals surface area contributed by atoms with Gasteiger partial charge in [0.1, 0.15) is 6.61 Å². The predicted molar refractivity (Wildman–Crippen MR) is 68.2 cm³/mol. The van der Waals surface area contributed by atoms with Crippen molar-refractivity contribution < 1.29 is 14.6 Å². The van der Waals surface area contributed by atoms with Crippen molar-refractivity contribution >= 4 is 21.9 Å². The number of aliphatic hydroxyl groups is 1. The average molecular weight is 302 g/mol. The molecule has 0 heterocycles. The number of ether oxygens (including phenoxy) is 1. The molecule has 0 bridgehead atoms. The highest BCUT2D eigenvalue weighted by Crippen LogP contribution is 2.13. The van der Waals surface area contributed by atoms with E-state index in [1.807, 2.05) is 24.3 Å². The number of esters is 1. The van der Waals surface area contributed by atoms with E-state index in [9.17, 15) is 9.90 Å². The zero-order chi connectivity index (χ0) is 12.9. The van der Waals surface area contributed by atoms with Gasteiger partial charge in [-0.15, -0.1) is 0 Å². The zero-order valence-electron chi connectivity index (χ0n) is 9.65. The van der Waals surface area contributed by atoms with Gasteiger partial charge in [0, 0.05) is 11.0 Å². The fourth-order valence-corrected chi connectivity index (χ4v) is 1.44. The summed E-state index contributed by atoms with van der Waals surface area (Å²) in [4.78, 5) is 11.4. The number of carbonyl (C=O) groups excluding carboxylic acids is 1. The highest BCUT2D eigenvalue weighted by molar-refractivity contribution is 9.10. The largest absolute Gasteiger partial charge is 0.461 e. The van der Waals surface area contributed by atoms with E-state index >= 15 is 0 Å². The Labute approximate surface area is 109 Å². The van der Waals surface area contributed by atoms with Crippen LogP contribution in [-0.2, 0) is 16.1 Å². The fourth-order valence-electron chi connectivity index (χ4n) is 1.18. The Kier molecular flexibility index (Phi) is 5.11. The van der Waals surface area contributed by atoms with Gasteiger partial charge in [-0.25, -0.2) is 0 Å². The summed E-state index contributed by atoms with van der Waals surface area (Å²) in [5.41, 5.74) is 5.02. The van der Waals surface area contributed by atoms with Gasteiger partial charge in [-0.2, -0.15) is 0 Å². The zero-order valence-corrected chi connectivity index (χ0v) is 11.2. The Balaban J connectivity index is 2.41. The van der Waals surface area contributed by atoms with E-state index < -0.39 is 11.6 Å². The normalized spacial score (nSPS) is 14.1. The van der Waals surface area contributed by atoms with Gasteiger partial charge >= 0.3 is 5.97 Å². The molecule has 4 nitrogen and oxygen atoms in total. The molecule has 1 unspecified atom stereocenters. The SMILES string of the molecule is CC(O)(CN)CC(=O)OCc1ccc(Br)cc1. The van der Waals surface area contributed by atoms with Crippen molar-refractivity contribution in [2.45, 2.75) is 25.6 Å². The third kappa shape index (κ3) is 5.30. The summed E-state index contributed by atoms with van der Waals surface area (Å²) in [6, 6.07) is 7.47. The summed E-state index contributed by atoms with van der Waals surface area (Å²) in [5, 5.41) is 9.60. The van der Waals surface area contributed by atoms with Crippen LogP contribution in [0, 0.1) is 0 Å². The molecule has 5 heteroatoms. The lowest BCUT2D eigenvalue weighted by atomic mass is 10.0. The van der Waals surface area contributed by atoms with E-state index in [4.69, 9.17) is 10.5 Å². The van der Waals surface area contributed by atoms with Gasteiger partial charge < -0.3 is 15.6 Å². The summed E-state index contributed by atoms with van der Waals surface area (Å²) in [6.07, 6.45) is -0.0972. The topological polar surface area (TPSA) is 72.5 Å². The third-order valence-corrected chi connectivity index (χ3v) is 2.81. The minimum absolute atomic E-state index is 0.0282. The summed E-state index contributed by atoms with van der Waals surface area (Å²) in [6.45, 7) is 1.74. The minimum atomic E-state index is -1.20. The van der Waals surface area contributed by atoms with E-state index in [2.05, 4.69) is 15.9 Å². The van der Waals surface area contributed by atoms with Crippen molar-refractivity contribution in [3.63, 3.8) is 0 Å². The Hall–Kier alpha value is -0.910. The molecule has 0 aliphatic rings. The molecule has 94 valence electrons. The Morgan fingerprint density at radius 2 is 2.06 bits per heavy atom. The van der Waals surface area contributed by atoms with Crippen LogP contribution in [0.15, 0.2) is 28.7 Å². The summed E-state index contributed by atoms with van der Waals surface area (Å²) < 4.78 is 6.01. The highest BCUT2D eigenvalue weighted by Gasteiger charge is 2.23. The van der Waals surface area contributed by atoms with Crippen LogP contribution in [0.2, 0.25) is 0 Å². The monoisotopic (exact) mass is 301 g/mol. The second-order valence-corrected chi connectivity index (χ2v) is 5.08. The first-order valence-electron chi connectivity index (χ1n) is 5.25. The third-order valence-electron chi connectivity index (χ3n) is 2.28.